The summed E-state index contributed by atoms with van der Waals surface area (Å²) in [7, 11) is 1.34. The van der Waals surface area contributed by atoms with Crippen LogP contribution < -0.4 is 10.5 Å². The third-order valence-electron chi connectivity index (χ3n) is 5.97. The zero-order chi connectivity index (χ0) is 24.2. The molecule has 14 heteroatoms. The first kappa shape index (κ1) is 27.8. The Morgan fingerprint density at radius 3 is 2.50 bits per heavy atom. The molecular formula is C22H22Cl2F4N6O2. The molecule has 4 heterocycles. The monoisotopic (exact) mass is 548 g/mol. The number of nitrogens with zero attached hydrogens (tertiary/aromatic N) is 5. The second-order valence-corrected chi connectivity index (χ2v) is 8.22. The largest absolute Gasteiger partial charge is 0.494 e. The number of pyridine rings is 2. The average molecular weight is 549 g/mol. The number of ether oxygens (including phenoxy) is 1. The fourth-order valence-corrected chi connectivity index (χ4v) is 4.31. The van der Waals surface area contributed by atoms with Gasteiger partial charge in [-0.25, -0.2) is 9.37 Å². The van der Waals surface area contributed by atoms with E-state index in [2.05, 4.69) is 15.2 Å². The molecule has 0 unspecified atom stereocenters. The standard InChI is InChI=1S/C22H20F4N6O2.2ClH/c1-34-18-7-16-11(6-13(18)23)2-4-15(28-16)21-30-29-19-5-3-12(8-32(19)21)20(22(24,25)26)31-9-14(27)17(33)10-31;;/h2-8,14,17,20,33H,9-10,27H2,1H3;2*1H/t14-,17+,20-;;/m1../s1. The first-order valence-electron chi connectivity index (χ1n) is 10.4. The fraction of sp³-hybridized carbons (Fsp3) is 0.318. The molecule has 0 aliphatic carbocycles. The maximum Gasteiger partial charge on any atom is 0.408 e. The van der Waals surface area contributed by atoms with Gasteiger partial charge in [0, 0.05) is 36.8 Å². The number of rotatable bonds is 4. The zero-order valence-electron chi connectivity index (χ0n) is 18.7. The van der Waals surface area contributed by atoms with E-state index >= 15 is 0 Å². The van der Waals surface area contributed by atoms with E-state index in [1.54, 1.807) is 12.1 Å². The number of aliphatic hydroxyl groups excluding tert-OH is 1. The van der Waals surface area contributed by atoms with Gasteiger partial charge in [-0.3, -0.25) is 9.30 Å². The van der Waals surface area contributed by atoms with Crippen LogP contribution in [0.15, 0.2) is 42.6 Å². The van der Waals surface area contributed by atoms with E-state index in [4.69, 9.17) is 10.5 Å². The number of β-amino-alcohol motifs (C(OH)–C–C–N with tert-alkyl or cyclic N) is 1. The highest BCUT2D eigenvalue weighted by atomic mass is 35.5. The molecule has 8 nitrogen and oxygen atoms in total. The van der Waals surface area contributed by atoms with Crippen molar-refractivity contribution in [3.05, 3.63) is 54.0 Å². The van der Waals surface area contributed by atoms with Crippen LogP contribution in [0.4, 0.5) is 17.6 Å². The number of benzene rings is 1. The number of hydrogen-bond donors (Lipinski definition) is 2. The van der Waals surface area contributed by atoms with E-state index in [9.17, 15) is 22.7 Å². The Kier molecular flexibility index (Phi) is 7.96. The number of halogens is 6. The van der Waals surface area contributed by atoms with Gasteiger partial charge in [-0.15, -0.1) is 35.0 Å². The first-order chi connectivity index (χ1) is 16.2. The third-order valence-corrected chi connectivity index (χ3v) is 5.97. The van der Waals surface area contributed by atoms with Gasteiger partial charge in [0.15, 0.2) is 23.0 Å². The molecule has 1 aliphatic rings. The molecule has 0 radical (unpaired) electrons. The van der Waals surface area contributed by atoms with E-state index in [-0.39, 0.29) is 55.0 Å². The minimum absolute atomic E-state index is 0. The van der Waals surface area contributed by atoms with E-state index in [0.29, 0.717) is 22.2 Å². The van der Waals surface area contributed by atoms with Crippen LogP contribution in [0.2, 0.25) is 0 Å². The molecule has 3 aromatic heterocycles. The lowest BCUT2D eigenvalue weighted by Gasteiger charge is -2.29. The molecule has 4 aromatic rings. The predicted octanol–water partition coefficient (Wildman–Crippen LogP) is 3.54. The fourth-order valence-electron chi connectivity index (χ4n) is 4.31. The summed E-state index contributed by atoms with van der Waals surface area (Å²) in [5.41, 5.74) is 6.80. The second-order valence-electron chi connectivity index (χ2n) is 8.22. The van der Waals surface area contributed by atoms with Crippen LogP contribution in [0.5, 0.6) is 5.75 Å². The highest BCUT2D eigenvalue weighted by Gasteiger charge is 2.48. The van der Waals surface area contributed by atoms with Gasteiger partial charge < -0.3 is 15.6 Å². The lowest BCUT2D eigenvalue weighted by Crippen LogP contribution is -2.38. The Morgan fingerprint density at radius 1 is 1.11 bits per heavy atom. The number of nitrogens with two attached hydrogens (primary N) is 1. The highest BCUT2D eigenvalue weighted by Crippen LogP contribution is 2.39. The maximum absolute atomic E-state index is 14.1. The van der Waals surface area contributed by atoms with Crippen LogP contribution in [0.25, 0.3) is 28.1 Å². The van der Waals surface area contributed by atoms with Crippen molar-refractivity contribution < 1.29 is 27.4 Å². The summed E-state index contributed by atoms with van der Waals surface area (Å²) in [6.45, 7) is -0.286. The van der Waals surface area contributed by atoms with Gasteiger partial charge >= 0.3 is 6.18 Å². The summed E-state index contributed by atoms with van der Waals surface area (Å²) in [5.74, 6) is -0.294. The minimum Gasteiger partial charge on any atom is -0.494 e. The normalized spacial score (nSPS) is 19.2. The predicted molar refractivity (Wildman–Crippen MR) is 129 cm³/mol. The summed E-state index contributed by atoms with van der Waals surface area (Å²) in [6.07, 6.45) is -4.33. The molecule has 1 aromatic carbocycles. The quantitative estimate of drug-likeness (QED) is 0.376. The van der Waals surface area contributed by atoms with Crippen molar-refractivity contribution in [1.82, 2.24) is 24.5 Å². The molecule has 0 bridgehead atoms. The number of aromatic nitrogens is 4. The van der Waals surface area contributed by atoms with Crippen molar-refractivity contribution in [2.24, 2.45) is 5.73 Å². The van der Waals surface area contributed by atoms with Crippen LogP contribution in [0.1, 0.15) is 11.6 Å². The van der Waals surface area contributed by atoms with Gasteiger partial charge in [-0.2, -0.15) is 13.2 Å². The summed E-state index contributed by atoms with van der Waals surface area (Å²) in [6, 6.07) is 6.00. The van der Waals surface area contributed by atoms with E-state index < -0.39 is 30.2 Å². The molecule has 3 N–H and O–H groups in total. The highest BCUT2D eigenvalue weighted by molar-refractivity contribution is 5.85. The topological polar surface area (TPSA) is 102 Å². The van der Waals surface area contributed by atoms with Gasteiger partial charge in [-0.05, 0) is 23.8 Å². The van der Waals surface area contributed by atoms with Crippen molar-refractivity contribution in [2.45, 2.75) is 24.4 Å². The number of methoxy groups -OCH3 is 1. The Labute approximate surface area is 214 Å². The Morgan fingerprint density at radius 2 is 1.86 bits per heavy atom. The molecule has 0 amide bonds. The zero-order valence-corrected chi connectivity index (χ0v) is 20.3. The van der Waals surface area contributed by atoms with E-state index in [0.717, 1.165) is 4.90 Å². The Hall–Kier alpha value is -2.77. The maximum atomic E-state index is 14.1. The lowest BCUT2D eigenvalue weighted by molar-refractivity contribution is -0.184. The molecule has 1 saturated heterocycles. The van der Waals surface area contributed by atoms with Crippen LogP contribution >= 0.6 is 24.8 Å². The molecule has 3 atom stereocenters. The number of likely N-dealkylation sites (tertiary alicyclic amines) is 1. The van der Waals surface area contributed by atoms with E-state index in [1.165, 1.54) is 42.0 Å². The molecule has 5 rings (SSSR count). The first-order valence-corrected chi connectivity index (χ1v) is 10.4. The number of alkyl halides is 3. The van der Waals surface area contributed by atoms with Gasteiger partial charge in [0.25, 0.3) is 0 Å². The Bertz CT molecular complexity index is 1380. The summed E-state index contributed by atoms with van der Waals surface area (Å²) < 4.78 is 62.7. The van der Waals surface area contributed by atoms with Crippen LogP contribution in [0, 0.1) is 5.82 Å². The van der Waals surface area contributed by atoms with Crippen molar-refractivity contribution in [3.8, 4) is 17.3 Å². The SMILES string of the molecule is COc1cc2nc(-c3nnc4ccc([C@@H](N5C[C@@H](N)[C@@H](O)C5)C(F)(F)F)cn34)ccc2cc1F.Cl.Cl. The Balaban J connectivity index is 0.00000180. The van der Waals surface area contributed by atoms with Gasteiger partial charge in [0.2, 0.25) is 0 Å². The number of fused-ring (bicyclic) bond motifs is 2. The van der Waals surface area contributed by atoms with Crippen LogP contribution in [-0.2, 0) is 0 Å². The number of aliphatic hydroxyl groups is 1. The molecule has 1 aliphatic heterocycles. The van der Waals surface area contributed by atoms with Gasteiger partial charge in [0.1, 0.15) is 11.7 Å². The molecule has 1 fully saturated rings. The second kappa shape index (κ2) is 10.3. The van der Waals surface area contributed by atoms with Crippen molar-refractivity contribution >= 4 is 41.4 Å². The molecule has 36 heavy (non-hydrogen) atoms. The smallest absolute Gasteiger partial charge is 0.408 e. The van der Waals surface area contributed by atoms with Crippen molar-refractivity contribution in [2.75, 3.05) is 20.2 Å². The minimum atomic E-state index is -4.60. The van der Waals surface area contributed by atoms with Crippen LogP contribution in [-0.4, -0.2) is 68.1 Å². The van der Waals surface area contributed by atoms with Crippen LogP contribution in [0.3, 0.4) is 0 Å². The van der Waals surface area contributed by atoms with E-state index in [1.807, 2.05) is 0 Å². The molecular weight excluding hydrogens is 527 g/mol. The third kappa shape index (κ3) is 4.91. The van der Waals surface area contributed by atoms with Crippen molar-refractivity contribution in [3.63, 3.8) is 0 Å². The summed E-state index contributed by atoms with van der Waals surface area (Å²) in [5, 5.41) is 18.6. The molecule has 0 saturated carbocycles. The summed E-state index contributed by atoms with van der Waals surface area (Å²) >= 11 is 0. The number of hydrogen-bond acceptors (Lipinski definition) is 7. The lowest BCUT2D eigenvalue weighted by atomic mass is 10.1. The summed E-state index contributed by atoms with van der Waals surface area (Å²) in [4.78, 5) is 5.61. The molecule has 0 spiro atoms. The van der Waals surface area contributed by atoms with Gasteiger partial charge in [0.05, 0.1) is 18.7 Å². The average Bonchev–Trinajstić information content (AvgIpc) is 3.34. The van der Waals surface area contributed by atoms with Gasteiger partial charge in [-0.1, -0.05) is 12.1 Å². The van der Waals surface area contributed by atoms with Crippen molar-refractivity contribution in [1.29, 1.82) is 0 Å². The molecule has 194 valence electrons.